The number of ether oxygens (including phenoxy) is 1. The zero-order valence-electron chi connectivity index (χ0n) is 36.7. The highest BCUT2D eigenvalue weighted by Crippen LogP contribution is 2.15. The summed E-state index contributed by atoms with van der Waals surface area (Å²) in [7, 11) is 0. The van der Waals surface area contributed by atoms with Crippen LogP contribution in [-0.4, -0.2) is 47.4 Å². The van der Waals surface area contributed by atoms with Crippen LogP contribution in [0.3, 0.4) is 0 Å². The topological polar surface area (TPSA) is 95.9 Å². The predicted molar refractivity (Wildman–Crippen MR) is 236 cm³/mol. The highest BCUT2D eigenvalue weighted by Gasteiger charge is 2.20. The zero-order chi connectivity index (χ0) is 40.1. The number of esters is 1. The molecule has 0 bridgehead atoms. The number of allylic oxidation sites excluding steroid dienone is 4. The monoisotopic (exact) mass is 776 g/mol. The molecule has 0 fully saturated rings. The summed E-state index contributed by atoms with van der Waals surface area (Å²) in [4.78, 5) is 24.4. The van der Waals surface area contributed by atoms with Gasteiger partial charge in [-0.1, -0.05) is 186 Å². The molecule has 0 aromatic carbocycles. The van der Waals surface area contributed by atoms with Crippen LogP contribution in [-0.2, 0) is 14.3 Å². The summed E-state index contributed by atoms with van der Waals surface area (Å²) < 4.78 is 5.43. The van der Waals surface area contributed by atoms with Crippen LogP contribution in [0.2, 0.25) is 0 Å². The predicted octanol–water partition coefficient (Wildman–Crippen LogP) is 14.0. The summed E-state index contributed by atoms with van der Waals surface area (Å²) in [5, 5.41) is 23.1. The van der Waals surface area contributed by atoms with E-state index in [1.807, 2.05) is 0 Å². The number of amides is 1. The third kappa shape index (κ3) is 41.8. The Balaban J connectivity index is 3.52. The summed E-state index contributed by atoms with van der Waals surface area (Å²) >= 11 is 0. The standard InChI is InChI=1S/C49H93NO5/c1-3-5-7-9-11-13-15-17-18-19-23-27-31-35-39-43-49(54)55-44-40-36-32-28-24-20-22-26-30-34-38-42-48(53)50-46(45-51)47(52)41-37-33-29-25-21-16-14-12-10-8-6-4-2/h17-18,24,28,46-47,51-52H,3-16,19-23,25-27,29-45H2,1-2H3,(H,50,53)/b18-17-,28-24-. The number of nitrogens with one attached hydrogen (secondary N) is 1. The first-order valence-electron chi connectivity index (χ1n) is 24.1. The minimum atomic E-state index is -0.681. The Bertz CT molecular complexity index is 858. The molecule has 3 N–H and O–H groups in total. The number of hydrogen-bond donors (Lipinski definition) is 3. The summed E-state index contributed by atoms with van der Waals surface area (Å²) in [5.74, 6) is -0.105. The van der Waals surface area contributed by atoms with Crippen molar-refractivity contribution in [2.75, 3.05) is 13.2 Å². The van der Waals surface area contributed by atoms with Crippen molar-refractivity contribution < 1.29 is 24.5 Å². The first-order valence-corrected chi connectivity index (χ1v) is 24.1. The molecule has 0 rings (SSSR count). The lowest BCUT2D eigenvalue weighted by Crippen LogP contribution is -2.45. The molecule has 0 aliphatic heterocycles. The number of aliphatic hydroxyl groups is 2. The smallest absolute Gasteiger partial charge is 0.305 e. The lowest BCUT2D eigenvalue weighted by atomic mass is 10.0. The third-order valence-electron chi connectivity index (χ3n) is 11.0. The number of carbonyl (C=O) groups excluding carboxylic acids is 2. The van der Waals surface area contributed by atoms with Gasteiger partial charge in [0.05, 0.1) is 25.4 Å². The van der Waals surface area contributed by atoms with Crippen molar-refractivity contribution in [3.63, 3.8) is 0 Å². The van der Waals surface area contributed by atoms with Gasteiger partial charge in [0.1, 0.15) is 0 Å². The maximum absolute atomic E-state index is 12.4. The molecule has 0 radical (unpaired) electrons. The second-order valence-electron chi connectivity index (χ2n) is 16.4. The Morgan fingerprint density at radius 3 is 1.29 bits per heavy atom. The molecule has 6 nitrogen and oxygen atoms in total. The number of rotatable bonds is 44. The van der Waals surface area contributed by atoms with Crippen LogP contribution < -0.4 is 5.32 Å². The van der Waals surface area contributed by atoms with Crippen LogP contribution in [0, 0.1) is 0 Å². The van der Waals surface area contributed by atoms with Gasteiger partial charge in [-0.3, -0.25) is 9.59 Å². The Morgan fingerprint density at radius 2 is 0.855 bits per heavy atom. The first kappa shape index (κ1) is 53.3. The van der Waals surface area contributed by atoms with Crippen molar-refractivity contribution in [2.24, 2.45) is 0 Å². The highest BCUT2D eigenvalue weighted by atomic mass is 16.5. The van der Waals surface area contributed by atoms with E-state index in [1.54, 1.807) is 0 Å². The van der Waals surface area contributed by atoms with E-state index in [9.17, 15) is 19.8 Å². The van der Waals surface area contributed by atoms with Crippen molar-refractivity contribution in [3.8, 4) is 0 Å². The average Bonchev–Trinajstić information content (AvgIpc) is 3.18. The van der Waals surface area contributed by atoms with Crippen LogP contribution in [0.4, 0.5) is 0 Å². The fourth-order valence-corrected chi connectivity index (χ4v) is 7.21. The van der Waals surface area contributed by atoms with E-state index in [-0.39, 0.29) is 18.5 Å². The van der Waals surface area contributed by atoms with Gasteiger partial charge in [0, 0.05) is 12.8 Å². The van der Waals surface area contributed by atoms with Gasteiger partial charge in [-0.2, -0.15) is 0 Å². The second-order valence-corrected chi connectivity index (χ2v) is 16.4. The second kappa shape index (κ2) is 45.0. The Morgan fingerprint density at radius 1 is 0.491 bits per heavy atom. The van der Waals surface area contributed by atoms with Gasteiger partial charge in [-0.25, -0.2) is 0 Å². The largest absolute Gasteiger partial charge is 0.466 e. The quantitative estimate of drug-likeness (QED) is 0.0325. The molecule has 0 aromatic heterocycles. The lowest BCUT2D eigenvalue weighted by molar-refractivity contribution is -0.143. The average molecular weight is 776 g/mol. The first-order chi connectivity index (χ1) is 27.0. The fraction of sp³-hybridized carbons (Fsp3) is 0.878. The van der Waals surface area contributed by atoms with Gasteiger partial charge in [0.15, 0.2) is 0 Å². The molecule has 1 amide bonds. The molecule has 0 saturated carbocycles. The zero-order valence-corrected chi connectivity index (χ0v) is 36.7. The van der Waals surface area contributed by atoms with E-state index in [2.05, 4.69) is 43.5 Å². The third-order valence-corrected chi connectivity index (χ3v) is 11.0. The van der Waals surface area contributed by atoms with Gasteiger partial charge in [0.25, 0.3) is 0 Å². The van der Waals surface area contributed by atoms with Crippen LogP contribution in [0.25, 0.3) is 0 Å². The molecule has 0 spiro atoms. The number of unbranched alkanes of at least 4 members (excludes halogenated alkanes) is 29. The minimum Gasteiger partial charge on any atom is -0.466 e. The summed E-state index contributed by atoms with van der Waals surface area (Å²) in [6.07, 6.45) is 51.4. The molecule has 2 atom stereocenters. The fourth-order valence-electron chi connectivity index (χ4n) is 7.21. The molecule has 324 valence electrons. The lowest BCUT2D eigenvalue weighted by Gasteiger charge is -2.22. The van der Waals surface area contributed by atoms with Gasteiger partial charge < -0.3 is 20.3 Å². The Hall–Kier alpha value is -1.66. The van der Waals surface area contributed by atoms with Crippen molar-refractivity contribution in [1.29, 1.82) is 0 Å². The van der Waals surface area contributed by atoms with E-state index in [1.165, 1.54) is 135 Å². The molecule has 0 saturated heterocycles. The van der Waals surface area contributed by atoms with Gasteiger partial charge in [-0.15, -0.1) is 0 Å². The Kier molecular flexibility index (Phi) is 43.7. The van der Waals surface area contributed by atoms with Crippen molar-refractivity contribution in [1.82, 2.24) is 5.32 Å². The van der Waals surface area contributed by atoms with Crippen LogP contribution in [0.15, 0.2) is 24.3 Å². The van der Waals surface area contributed by atoms with E-state index in [0.29, 0.717) is 25.9 Å². The molecular formula is C49H93NO5. The Labute approximate surface area is 341 Å². The highest BCUT2D eigenvalue weighted by molar-refractivity contribution is 5.76. The summed E-state index contributed by atoms with van der Waals surface area (Å²) in [6, 6.07) is -0.561. The van der Waals surface area contributed by atoms with Gasteiger partial charge in [0.2, 0.25) is 5.91 Å². The van der Waals surface area contributed by atoms with Crippen molar-refractivity contribution >= 4 is 11.9 Å². The molecule has 55 heavy (non-hydrogen) atoms. The minimum absolute atomic E-state index is 0.0397. The van der Waals surface area contributed by atoms with Crippen LogP contribution >= 0.6 is 0 Å². The number of aliphatic hydroxyl groups excluding tert-OH is 2. The van der Waals surface area contributed by atoms with Crippen molar-refractivity contribution in [2.45, 2.75) is 264 Å². The van der Waals surface area contributed by atoms with Crippen molar-refractivity contribution in [3.05, 3.63) is 24.3 Å². The summed E-state index contributed by atoms with van der Waals surface area (Å²) in [6.45, 7) is 4.85. The number of carbonyl (C=O) groups is 2. The number of hydrogen-bond acceptors (Lipinski definition) is 5. The maximum Gasteiger partial charge on any atom is 0.305 e. The van der Waals surface area contributed by atoms with Crippen LogP contribution in [0.5, 0.6) is 0 Å². The summed E-state index contributed by atoms with van der Waals surface area (Å²) in [5.41, 5.74) is 0. The molecular weight excluding hydrogens is 683 g/mol. The normalized spacial score (nSPS) is 12.9. The molecule has 6 heteroatoms. The molecule has 0 aromatic rings. The molecule has 2 unspecified atom stereocenters. The van der Waals surface area contributed by atoms with Crippen LogP contribution in [0.1, 0.15) is 251 Å². The van der Waals surface area contributed by atoms with E-state index >= 15 is 0 Å². The SMILES string of the molecule is CCCCCCCC/C=C\CCCCCCCC(=O)OCCCC/C=C\CCCCCCCC(=O)NC(CO)C(O)CCCCCCCCCCCCCC. The van der Waals surface area contributed by atoms with Gasteiger partial charge >= 0.3 is 5.97 Å². The van der Waals surface area contributed by atoms with E-state index in [4.69, 9.17) is 4.74 Å². The van der Waals surface area contributed by atoms with E-state index < -0.39 is 12.1 Å². The van der Waals surface area contributed by atoms with E-state index in [0.717, 1.165) is 83.5 Å². The van der Waals surface area contributed by atoms with Gasteiger partial charge in [-0.05, 0) is 77.0 Å². The maximum atomic E-state index is 12.4. The molecule has 0 aliphatic carbocycles. The molecule has 0 heterocycles. The molecule has 0 aliphatic rings.